The molecule has 1 saturated heterocycles. The first kappa shape index (κ1) is 13.9. The predicted octanol–water partition coefficient (Wildman–Crippen LogP) is 3.42. The van der Waals surface area contributed by atoms with E-state index >= 15 is 0 Å². The minimum absolute atomic E-state index is 0.145. The number of nitrogens with zero attached hydrogens (tertiary/aromatic N) is 1. The number of pyridine rings is 1. The molecule has 1 fully saturated rings. The van der Waals surface area contributed by atoms with Crippen molar-refractivity contribution in [2.75, 3.05) is 6.61 Å². The van der Waals surface area contributed by atoms with Crippen LogP contribution in [0.2, 0.25) is 0 Å². The number of ether oxygens (including phenoxy) is 3. The highest BCUT2D eigenvalue weighted by Crippen LogP contribution is 2.25. The Morgan fingerprint density at radius 1 is 1.24 bits per heavy atom. The summed E-state index contributed by atoms with van der Waals surface area (Å²) >= 11 is 0. The van der Waals surface area contributed by atoms with Gasteiger partial charge in [0.25, 0.3) is 0 Å². The van der Waals surface area contributed by atoms with Gasteiger partial charge in [0.05, 0.1) is 6.61 Å². The number of hydrogen-bond donors (Lipinski definition) is 0. The molecule has 2 aromatic rings. The van der Waals surface area contributed by atoms with Crippen molar-refractivity contribution < 1.29 is 14.2 Å². The molecule has 0 saturated carbocycles. The molecule has 2 heterocycles. The molecular weight excluding hydrogens is 266 g/mol. The van der Waals surface area contributed by atoms with Crippen molar-refractivity contribution in [3.05, 3.63) is 54.4 Å². The van der Waals surface area contributed by atoms with Gasteiger partial charge in [0, 0.05) is 30.4 Å². The summed E-state index contributed by atoms with van der Waals surface area (Å²) in [4.78, 5) is 4.07. The summed E-state index contributed by atoms with van der Waals surface area (Å²) in [6.07, 6.45) is 4.34. The Morgan fingerprint density at radius 2 is 2.14 bits per heavy atom. The van der Waals surface area contributed by atoms with Crippen LogP contribution in [0.25, 0.3) is 0 Å². The van der Waals surface area contributed by atoms with Gasteiger partial charge in [-0.1, -0.05) is 19.1 Å². The van der Waals surface area contributed by atoms with E-state index in [1.165, 1.54) is 0 Å². The Morgan fingerprint density at radius 3 is 2.90 bits per heavy atom. The van der Waals surface area contributed by atoms with Gasteiger partial charge in [0.15, 0.2) is 6.29 Å². The molecule has 0 spiro atoms. The average molecular weight is 285 g/mol. The second-order valence-electron chi connectivity index (χ2n) is 5.35. The van der Waals surface area contributed by atoms with Gasteiger partial charge in [-0.25, -0.2) is 0 Å². The van der Waals surface area contributed by atoms with Gasteiger partial charge < -0.3 is 14.2 Å². The average Bonchev–Trinajstić information content (AvgIpc) is 2.92. The second kappa shape index (κ2) is 6.59. The van der Waals surface area contributed by atoms with Crippen LogP contribution in [0.15, 0.2) is 48.8 Å². The van der Waals surface area contributed by atoms with E-state index < -0.39 is 0 Å². The molecule has 4 nitrogen and oxygen atoms in total. The molecule has 0 N–H and O–H groups in total. The van der Waals surface area contributed by atoms with Crippen LogP contribution in [0.5, 0.6) is 11.5 Å². The van der Waals surface area contributed by atoms with Gasteiger partial charge in [-0.15, -0.1) is 0 Å². The summed E-state index contributed by atoms with van der Waals surface area (Å²) in [5, 5.41) is 0. The topological polar surface area (TPSA) is 40.6 Å². The second-order valence-corrected chi connectivity index (χ2v) is 5.35. The molecule has 1 aromatic heterocycles. The molecule has 0 bridgehead atoms. The summed E-state index contributed by atoms with van der Waals surface area (Å²) in [7, 11) is 0. The number of benzene rings is 1. The van der Waals surface area contributed by atoms with Crippen LogP contribution < -0.4 is 9.47 Å². The SMILES string of the molecule is C[C@H]1COC(Oc2cccc(OCc3cccnc3)c2)C1. The maximum Gasteiger partial charge on any atom is 0.200 e. The minimum Gasteiger partial charge on any atom is -0.489 e. The summed E-state index contributed by atoms with van der Waals surface area (Å²) in [6.45, 7) is 3.42. The maximum absolute atomic E-state index is 5.82. The van der Waals surface area contributed by atoms with Crippen LogP contribution in [0.1, 0.15) is 18.9 Å². The number of hydrogen-bond acceptors (Lipinski definition) is 4. The third-order valence-electron chi connectivity index (χ3n) is 3.36. The van der Waals surface area contributed by atoms with Crippen LogP contribution in [-0.4, -0.2) is 17.9 Å². The van der Waals surface area contributed by atoms with E-state index in [9.17, 15) is 0 Å². The number of rotatable bonds is 5. The molecular formula is C17H19NO3. The van der Waals surface area contributed by atoms with Crippen LogP contribution in [0.4, 0.5) is 0 Å². The highest BCUT2D eigenvalue weighted by atomic mass is 16.7. The van der Waals surface area contributed by atoms with Crippen molar-refractivity contribution in [2.45, 2.75) is 26.2 Å². The van der Waals surface area contributed by atoms with Crippen LogP contribution in [-0.2, 0) is 11.3 Å². The van der Waals surface area contributed by atoms with E-state index in [2.05, 4.69) is 11.9 Å². The Balaban J connectivity index is 1.58. The Hall–Kier alpha value is -2.07. The first-order valence-electron chi connectivity index (χ1n) is 7.19. The number of aromatic nitrogens is 1. The van der Waals surface area contributed by atoms with E-state index in [1.807, 2.05) is 36.4 Å². The lowest BCUT2D eigenvalue weighted by atomic mass is 10.1. The lowest BCUT2D eigenvalue weighted by Gasteiger charge is -2.14. The van der Waals surface area contributed by atoms with Gasteiger partial charge in [0.1, 0.15) is 18.1 Å². The van der Waals surface area contributed by atoms with Crippen LogP contribution >= 0.6 is 0 Å². The fraction of sp³-hybridized carbons (Fsp3) is 0.353. The van der Waals surface area contributed by atoms with Crippen molar-refractivity contribution in [1.29, 1.82) is 0 Å². The largest absolute Gasteiger partial charge is 0.489 e. The first-order chi connectivity index (χ1) is 10.3. The molecule has 0 aliphatic carbocycles. The van der Waals surface area contributed by atoms with Gasteiger partial charge in [-0.05, 0) is 24.1 Å². The van der Waals surface area contributed by atoms with E-state index in [4.69, 9.17) is 14.2 Å². The van der Waals surface area contributed by atoms with Crippen LogP contribution in [0.3, 0.4) is 0 Å². The van der Waals surface area contributed by atoms with Crippen molar-refractivity contribution >= 4 is 0 Å². The minimum atomic E-state index is -0.145. The Kier molecular flexibility index (Phi) is 4.36. The Bertz CT molecular complexity index is 573. The summed E-state index contributed by atoms with van der Waals surface area (Å²) in [6, 6.07) is 11.5. The fourth-order valence-corrected chi connectivity index (χ4v) is 2.26. The Labute approximate surface area is 124 Å². The molecule has 1 aliphatic rings. The maximum atomic E-state index is 5.82. The normalized spacial score (nSPS) is 21.2. The predicted molar refractivity (Wildman–Crippen MR) is 79.2 cm³/mol. The van der Waals surface area contributed by atoms with Gasteiger partial charge in [-0.3, -0.25) is 4.98 Å². The highest BCUT2D eigenvalue weighted by molar-refractivity contribution is 5.33. The quantitative estimate of drug-likeness (QED) is 0.844. The third-order valence-corrected chi connectivity index (χ3v) is 3.36. The summed E-state index contributed by atoms with van der Waals surface area (Å²) < 4.78 is 17.1. The fourth-order valence-electron chi connectivity index (χ4n) is 2.26. The monoisotopic (exact) mass is 285 g/mol. The molecule has 0 amide bonds. The lowest BCUT2D eigenvalue weighted by Crippen LogP contribution is -2.14. The van der Waals surface area contributed by atoms with Crippen molar-refractivity contribution in [1.82, 2.24) is 4.98 Å². The first-order valence-corrected chi connectivity index (χ1v) is 7.19. The summed E-state index contributed by atoms with van der Waals surface area (Å²) in [5.41, 5.74) is 1.04. The van der Waals surface area contributed by atoms with E-state index in [1.54, 1.807) is 12.4 Å². The van der Waals surface area contributed by atoms with Crippen molar-refractivity contribution in [3.63, 3.8) is 0 Å². The van der Waals surface area contributed by atoms with Gasteiger partial charge in [0.2, 0.25) is 0 Å². The van der Waals surface area contributed by atoms with Crippen molar-refractivity contribution in [3.8, 4) is 11.5 Å². The van der Waals surface area contributed by atoms with E-state index in [0.717, 1.165) is 30.1 Å². The molecule has 3 rings (SSSR count). The molecule has 0 radical (unpaired) electrons. The zero-order chi connectivity index (χ0) is 14.5. The third kappa shape index (κ3) is 3.95. The van der Waals surface area contributed by atoms with E-state index in [-0.39, 0.29) is 6.29 Å². The molecule has 1 aromatic carbocycles. The molecule has 21 heavy (non-hydrogen) atoms. The summed E-state index contributed by atoms with van der Waals surface area (Å²) in [5.74, 6) is 2.11. The highest BCUT2D eigenvalue weighted by Gasteiger charge is 2.23. The zero-order valence-electron chi connectivity index (χ0n) is 12.1. The smallest absolute Gasteiger partial charge is 0.200 e. The standard InChI is InChI=1S/C17H19NO3/c1-13-8-17(20-11-13)21-16-6-2-5-15(9-16)19-12-14-4-3-7-18-10-14/h2-7,9-10,13,17H,8,11-12H2,1H3/t13-,17?/m1/s1. The van der Waals surface area contributed by atoms with Gasteiger partial charge in [-0.2, -0.15) is 0 Å². The molecule has 4 heteroatoms. The van der Waals surface area contributed by atoms with Gasteiger partial charge >= 0.3 is 0 Å². The molecule has 1 aliphatic heterocycles. The zero-order valence-corrected chi connectivity index (χ0v) is 12.1. The molecule has 2 atom stereocenters. The molecule has 110 valence electrons. The van der Waals surface area contributed by atoms with Crippen LogP contribution in [0, 0.1) is 5.92 Å². The lowest BCUT2D eigenvalue weighted by molar-refractivity contribution is -0.0394. The van der Waals surface area contributed by atoms with Crippen molar-refractivity contribution in [2.24, 2.45) is 5.92 Å². The van der Waals surface area contributed by atoms with E-state index in [0.29, 0.717) is 12.5 Å². The molecule has 1 unspecified atom stereocenters.